The number of hydrogen-bond donors (Lipinski definition) is 2. The zero-order chi connectivity index (χ0) is 18.8. The Labute approximate surface area is 160 Å². The molecule has 2 N–H and O–H groups in total. The molecule has 142 valence electrons. The predicted molar refractivity (Wildman–Crippen MR) is 110 cm³/mol. The first-order valence-corrected chi connectivity index (χ1v) is 9.79. The molecule has 0 bridgehead atoms. The van der Waals surface area contributed by atoms with E-state index in [1.54, 1.807) is 13.3 Å². The first-order chi connectivity index (χ1) is 13.2. The lowest BCUT2D eigenvalue weighted by molar-refractivity contribution is 0.299. The summed E-state index contributed by atoms with van der Waals surface area (Å²) in [4.78, 5) is 5.57. The summed E-state index contributed by atoms with van der Waals surface area (Å²) in [7, 11) is 3.99. The largest absolute Gasteiger partial charge is 0.506 e. The number of aromatic hydroxyl groups is 1. The van der Waals surface area contributed by atoms with Gasteiger partial charge in [0, 0.05) is 30.2 Å². The summed E-state index contributed by atoms with van der Waals surface area (Å²) in [5, 5.41) is 10.7. The van der Waals surface area contributed by atoms with Crippen molar-refractivity contribution in [2.75, 3.05) is 27.2 Å². The fourth-order valence-electron chi connectivity index (χ4n) is 4.40. The van der Waals surface area contributed by atoms with Crippen LogP contribution < -0.4 is 4.74 Å². The summed E-state index contributed by atoms with van der Waals surface area (Å²) in [6.45, 7) is 2.10. The summed E-state index contributed by atoms with van der Waals surface area (Å²) in [6.07, 6.45) is 6.26. The maximum atomic E-state index is 9.77. The number of rotatable bonds is 6. The molecule has 1 atom stereocenters. The molecule has 1 aliphatic rings. The number of aromatic amines is 1. The SMILES string of the molecule is COc1cccc2c1CCCC2CN(C)CCc1ccc2c(O)c[nH]c2c1. The number of benzene rings is 2. The van der Waals surface area contributed by atoms with E-state index in [1.165, 1.54) is 29.5 Å². The van der Waals surface area contributed by atoms with Gasteiger partial charge in [0.25, 0.3) is 0 Å². The molecule has 1 heterocycles. The predicted octanol–water partition coefficient (Wildman–Crippen LogP) is 4.48. The third-order valence-electron chi connectivity index (χ3n) is 5.85. The highest BCUT2D eigenvalue weighted by atomic mass is 16.5. The number of aromatic nitrogens is 1. The maximum Gasteiger partial charge on any atom is 0.140 e. The number of hydrogen-bond acceptors (Lipinski definition) is 3. The van der Waals surface area contributed by atoms with E-state index in [1.807, 2.05) is 6.07 Å². The molecule has 27 heavy (non-hydrogen) atoms. The number of likely N-dealkylation sites (N-methyl/N-ethyl adjacent to an activating group) is 1. The first kappa shape index (κ1) is 17.9. The number of fused-ring (bicyclic) bond motifs is 2. The van der Waals surface area contributed by atoms with Crippen molar-refractivity contribution in [1.29, 1.82) is 0 Å². The quantitative estimate of drug-likeness (QED) is 0.678. The molecule has 3 aromatic rings. The minimum Gasteiger partial charge on any atom is -0.506 e. The monoisotopic (exact) mass is 364 g/mol. The topological polar surface area (TPSA) is 48.5 Å². The van der Waals surface area contributed by atoms with Crippen molar-refractivity contribution in [2.45, 2.75) is 31.6 Å². The van der Waals surface area contributed by atoms with Crippen LogP contribution in [-0.2, 0) is 12.8 Å². The van der Waals surface area contributed by atoms with E-state index in [9.17, 15) is 5.11 Å². The third-order valence-corrected chi connectivity index (χ3v) is 5.85. The van der Waals surface area contributed by atoms with Gasteiger partial charge in [0.15, 0.2) is 0 Å². The van der Waals surface area contributed by atoms with Crippen LogP contribution in [0.3, 0.4) is 0 Å². The Morgan fingerprint density at radius 3 is 3.00 bits per heavy atom. The van der Waals surface area contributed by atoms with Crippen LogP contribution in [0.2, 0.25) is 0 Å². The molecule has 1 unspecified atom stereocenters. The van der Waals surface area contributed by atoms with Gasteiger partial charge in [-0.1, -0.05) is 18.2 Å². The second-order valence-corrected chi connectivity index (χ2v) is 7.68. The zero-order valence-corrected chi connectivity index (χ0v) is 16.2. The van der Waals surface area contributed by atoms with E-state index in [2.05, 4.69) is 47.3 Å². The first-order valence-electron chi connectivity index (χ1n) is 9.79. The smallest absolute Gasteiger partial charge is 0.140 e. The number of nitrogens with one attached hydrogen (secondary N) is 1. The molecule has 1 aromatic heterocycles. The molecule has 0 saturated heterocycles. The van der Waals surface area contributed by atoms with E-state index in [4.69, 9.17) is 4.74 Å². The van der Waals surface area contributed by atoms with Crippen LogP contribution in [0.5, 0.6) is 11.5 Å². The fourth-order valence-corrected chi connectivity index (χ4v) is 4.40. The summed E-state index contributed by atoms with van der Waals surface area (Å²) in [6, 6.07) is 12.7. The van der Waals surface area contributed by atoms with Crippen LogP contribution in [0, 0.1) is 0 Å². The van der Waals surface area contributed by atoms with Crippen LogP contribution in [-0.4, -0.2) is 42.2 Å². The molecule has 2 aromatic carbocycles. The van der Waals surface area contributed by atoms with Crippen molar-refractivity contribution < 1.29 is 9.84 Å². The van der Waals surface area contributed by atoms with Crippen molar-refractivity contribution in [3.8, 4) is 11.5 Å². The van der Waals surface area contributed by atoms with Crippen LogP contribution >= 0.6 is 0 Å². The Hall–Kier alpha value is -2.46. The second kappa shape index (κ2) is 7.65. The highest BCUT2D eigenvalue weighted by molar-refractivity contribution is 5.86. The Morgan fingerprint density at radius 1 is 1.26 bits per heavy atom. The molecule has 0 spiro atoms. The maximum absolute atomic E-state index is 9.77. The average Bonchev–Trinajstić information content (AvgIpc) is 3.06. The standard InChI is InChI=1S/C23H28N2O2/c1-25(12-11-16-9-10-20-21(13-16)24-14-22(20)26)15-17-5-3-7-19-18(17)6-4-8-23(19)27-2/h4,6,8-10,13-14,17,24,26H,3,5,7,11-12,15H2,1-2H3. The van der Waals surface area contributed by atoms with Crippen molar-refractivity contribution in [1.82, 2.24) is 9.88 Å². The number of H-pyrrole nitrogens is 1. The highest BCUT2D eigenvalue weighted by Gasteiger charge is 2.23. The molecule has 0 amide bonds. The highest BCUT2D eigenvalue weighted by Crippen LogP contribution is 2.37. The van der Waals surface area contributed by atoms with Crippen molar-refractivity contribution in [3.05, 3.63) is 59.3 Å². The van der Waals surface area contributed by atoms with Gasteiger partial charge in [0.1, 0.15) is 11.5 Å². The number of methoxy groups -OCH3 is 1. The van der Waals surface area contributed by atoms with Gasteiger partial charge in [0.05, 0.1) is 7.11 Å². The lowest BCUT2D eigenvalue weighted by Crippen LogP contribution is -2.28. The van der Waals surface area contributed by atoms with E-state index in [0.717, 1.165) is 42.6 Å². The Balaban J connectivity index is 1.40. The van der Waals surface area contributed by atoms with E-state index in [0.29, 0.717) is 11.7 Å². The lowest BCUT2D eigenvalue weighted by atomic mass is 9.82. The van der Waals surface area contributed by atoms with Gasteiger partial charge >= 0.3 is 0 Å². The van der Waals surface area contributed by atoms with Gasteiger partial charge in [-0.2, -0.15) is 0 Å². The zero-order valence-electron chi connectivity index (χ0n) is 16.2. The molecule has 0 saturated carbocycles. The van der Waals surface area contributed by atoms with E-state index < -0.39 is 0 Å². The molecule has 0 aliphatic heterocycles. The van der Waals surface area contributed by atoms with Gasteiger partial charge in [-0.15, -0.1) is 0 Å². The Kier molecular flexibility index (Phi) is 5.08. The molecule has 4 nitrogen and oxygen atoms in total. The minimum atomic E-state index is 0.319. The number of ether oxygens (including phenoxy) is 1. The van der Waals surface area contributed by atoms with Gasteiger partial charge in [0.2, 0.25) is 0 Å². The fraction of sp³-hybridized carbons (Fsp3) is 0.391. The van der Waals surface area contributed by atoms with Crippen molar-refractivity contribution in [3.63, 3.8) is 0 Å². The lowest BCUT2D eigenvalue weighted by Gasteiger charge is -2.30. The van der Waals surface area contributed by atoms with Gasteiger partial charge in [-0.3, -0.25) is 0 Å². The van der Waals surface area contributed by atoms with Crippen LogP contribution in [0.15, 0.2) is 42.6 Å². The molecule has 4 rings (SSSR count). The number of nitrogens with zero attached hydrogens (tertiary/aromatic N) is 1. The van der Waals surface area contributed by atoms with Crippen molar-refractivity contribution in [2.24, 2.45) is 0 Å². The molecular formula is C23H28N2O2. The summed E-state index contributed by atoms with van der Waals surface area (Å²) in [5.74, 6) is 1.94. The summed E-state index contributed by atoms with van der Waals surface area (Å²) >= 11 is 0. The van der Waals surface area contributed by atoms with Crippen molar-refractivity contribution >= 4 is 10.9 Å². The normalized spacial score (nSPS) is 16.6. The second-order valence-electron chi connectivity index (χ2n) is 7.68. The van der Waals surface area contributed by atoms with Gasteiger partial charge in [-0.05, 0) is 73.5 Å². The Morgan fingerprint density at radius 2 is 2.15 bits per heavy atom. The molecule has 0 radical (unpaired) electrons. The molecule has 4 heteroatoms. The molecular weight excluding hydrogens is 336 g/mol. The molecule has 1 aliphatic carbocycles. The Bertz CT molecular complexity index is 931. The van der Waals surface area contributed by atoms with Crippen LogP contribution in [0.1, 0.15) is 35.4 Å². The van der Waals surface area contributed by atoms with Crippen LogP contribution in [0.4, 0.5) is 0 Å². The molecule has 0 fully saturated rings. The third kappa shape index (κ3) is 3.67. The van der Waals surface area contributed by atoms with Gasteiger partial charge < -0.3 is 19.7 Å². The minimum absolute atomic E-state index is 0.319. The summed E-state index contributed by atoms with van der Waals surface area (Å²) in [5.41, 5.74) is 5.17. The van der Waals surface area contributed by atoms with E-state index >= 15 is 0 Å². The summed E-state index contributed by atoms with van der Waals surface area (Å²) < 4.78 is 5.57. The van der Waals surface area contributed by atoms with E-state index in [-0.39, 0.29) is 0 Å². The van der Waals surface area contributed by atoms with Crippen LogP contribution in [0.25, 0.3) is 10.9 Å². The van der Waals surface area contributed by atoms with Gasteiger partial charge in [-0.25, -0.2) is 0 Å². The average molecular weight is 364 g/mol.